The first-order valence-corrected chi connectivity index (χ1v) is 11.8. The van der Waals surface area contributed by atoms with Crippen LogP contribution < -0.4 is 0 Å². The van der Waals surface area contributed by atoms with E-state index in [-0.39, 0.29) is 17.6 Å². The van der Waals surface area contributed by atoms with E-state index in [4.69, 9.17) is 27.9 Å². The van der Waals surface area contributed by atoms with Crippen LogP contribution in [-0.4, -0.2) is 60.1 Å². The molecule has 3 fully saturated rings. The predicted octanol–water partition coefficient (Wildman–Crippen LogP) is 4.95. The Hall–Kier alpha value is -0.810. The lowest BCUT2D eigenvalue weighted by Gasteiger charge is -2.47. The smallest absolute Gasteiger partial charge is 0.227 e. The van der Waals surface area contributed by atoms with Crippen molar-refractivity contribution in [3.05, 3.63) is 33.8 Å². The molecule has 0 aromatic heterocycles. The summed E-state index contributed by atoms with van der Waals surface area (Å²) in [5.74, 6) is 0.146. The molecule has 3 atom stereocenters. The lowest BCUT2D eigenvalue weighted by atomic mass is 9.82. The van der Waals surface area contributed by atoms with Crippen molar-refractivity contribution < 1.29 is 9.53 Å². The SMILES string of the molecule is CN(C(=O)Cc1ccc(Cl)c(Cl)c1)C1CCCCC2(CCCO2)C1N1CCCC1. The first kappa shape index (κ1) is 21.4. The molecule has 0 radical (unpaired) electrons. The van der Waals surface area contributed by atoms with Gasteiger partial charge in [-0.15, -0.1) is 0 Å². The zero-order chi connectivity index (χ0) is 20.4. The first-order valence-electron chi connectivity index (χ1n) is 11.1. The monoisotopic (exact) mass is 438 g/mol. The third-order valence-corrected chi connectivity index (χ3v) is 7.89. The Kier molecular flexibility index (Phi) is 6.75. The van der Waals surface area contributed by atoms with Gasteiger partial charge in [0.2, 0.25) is 5.91 Å². The summed E-state index contributed by atoms with van der Waals surface area (Å²) >= 11 is 12.2. The van der Waals surface area contributed by atoms with Crippen LogP contribution in [0.5, 0.6) is 0 Å². The Bertz CT molecular complexity index is 730. The van der Waals surface area contributed by atoms with Crippen molar-refractivity contribution in [3.63, 3.8) is 0 Å². The van der Waals surface area contributed by atoms with Crippen LogP contribution in [0.2, 0.25) is 10.0 Å². The quantitative estimate of drug-likeness (QED) is 0.666. The highest BCUT2D eigenvalue weighted by molar-refractivity contribution is 6.42. The topological polar surface area (TPSA) is 32.8 Å². The van der Waals surface area contributed by atoms with Crippen LogP contribution in [-0.2, 0) is 16.0 Å². The van der Waals surface area contributed by atoms with Crippen molar-refractivity contribution in [1.82, 2.24) is 9.80 Å². The van der Waals surface area contributed by atoms with Crippen molar-refractivity contribution in [2.24, 2.45) is 0 Å². The molecule has 0 N–H and O–H groups in total. The van der Waals surface area contributed by atoms with Gasteiger partial charge in [-0.05, 0) is 69.3 Å². The van der Waals surface area contributed by atoms with E-state index in [2.05, 4.69) is 4.90 Å². The maximum atomic E-state index is 13.3. The number of carbonyl (C=O) groups is 1. The molecule has 160 valence electrons. The van der Waals surface area contributed by atoms with Crippen LogP contribution in [0.3, 0.4) is 0 Å². The molecule has 1 aromatic carbocycles. The van der Waals surface area contributed by atoms with Gasteiger partial charge in [0.1, 0.15) is 0 Å². The molecule has 4 rings (SSSR count). The molecule has 1 spiro atoms. The number of ether oxygens (including phenoxy) is 1. The number of likely N-dealkylation sites (tertiary alicyclic amines) is 1. The largest absolute Gasteiger partial charge is 0.373 e. The Morgan fingerprint density at radius 1 is 1.14 bits per heavy atom. The zero-order valence-corrected chi connectivity index (χ0v) is 18.9. The lowest BCUT2D eigenvalue weighted by Crippen LogP contribution is -2.61. The van der Waals surface area contributed by atoms with E-state index in [1.807, 2.05) is 24.1 Å². The Morgan fingerprint density at radius 3 is 2.59 bits per heavy atom. The number of benzene rings is 1. The number of likely N-dealkylation sites (N-methyl/N-ethyl adjacent to an activating group) is 1. The van der Waals surface area contributed by atoms with Gasteiger partial charge in [0.05, 0.1) is 28.1 Å². The molecule has 0 bridgehead atoms. The van der Waals surface area contributed by atoms with Gasteiger partial charge in [-0.1, -0.05) is 42.1 Å². The first-order chi connectivity index (χ1) is 14.0. The van der Waals surface area contributed by atoms with Gasteiger partial charge in [-0.25, -0.2) is 0 Å². The number of hydrogen-bond donors (Lipinski definition) is 0. The van der Waals surface area contributed by atoms with E-state index in [1.165, 1.54) is 19.3 Å². The second-order valence-corrected chi connectivity index (χ2v) is 9.76. The third kappa shape index (κ3) is 4.46. The van der Waals surface area contributed by atoms with Gasteiger partial charge in [-0.3, -0.25) is 9.69 Å². The molecule has 2 aliphatic heterocycles. The number of hydrogen-bond acceptors (Lipinski definition) is 3. The molecule has 1 aliphatic carbocycles. The Morgan fingerprint density at radius 2 is 1.90 bits per heavy atom. The highest BCUT2D eigenvalue weighted by Gasteiger charge is 2.51. The average molecular weight is 439 g/mol. The van der Waals surface area contributed by atoms with Crippen molar-refractivity contribution in [3.8, 4) is 0 Å². The summed E-state index contributed by atoms with van der Waals surface area (Å²) in [4.78, 5) is 17.9. The number of halogens is 2. The molecule has 3 unspecified atom stereocenters. The summed E-state index contributed by atoms with van der Waals surface area (Å²) in [6, 6.07) is 5.98. The van der Waals surface area contributed by atoms with E-state index in [0.717, 1.165) is 57.4 Å². The fourth-order valence-electron chi connectivity index (χ4n) is 5.72. The summed E-state index contributed by atoms with van der Waals surface area (Å²) in [7, 11) is 1.99. The van der Waals surface area contributed by atoms with Gasteiger partial charge in [0.15, 0.2) is 0 Å². The Labute approximate surface area is 184 Å². The zero-order valence-electron chi connectivity index (χ0n) is 17.3. The molecule has 3 aliphatic rings. The Balaban J connectivity index is 1.57. The summed E-state index contributed by atoms with van der Waals surface area (Å²) in [5.41, 5.74) is 0.832. The molecule has 1 aromatic rings. The van der Waals surface area contributed by atoms with Crippen LogP contribution in [0.25, 0.3) is 0 Å². The minimum atomic E-state index is -0.0797. The summed E-state index contributed by atoms with van der Waals surface area (Å²) in [6.45, 7) is 3.11. The van der Waals surface area contributed by atoms with E-state index < -0.39 is 0 Å². The van der Waals surface area contributed by atoms with Gasteiger partial charge < -0.3 is 9.64 Å². The number of carbonyl (C=O) groups excluding carboxylic acids is 1. The highest BCUT2D eigenvalue weighted by Crippen LogP contribution is 2.43. The lowest BCUT2D eigenvalue weighted by molar-refractivity contribution is -0.137. The molecule has 1 amide bonds. The standard InChI is InChI=1S/C23H32Cl2N2O2/c1-26(21(28)16-17-8-9-18(24)19(25)15-17)20-7-2-3-10-23(11-6-14-29-23)22(20)27-12-4-5-13-27/h8-9,15,20,22H,2-7,10-14,16H2,1H3. The van der Waals surface area contributed by atoms with Crippen molar-refractivity contribution in [2.45, 2.75) is 75.5 Å². The van der Waals surface area contributed by atoms with E-state index in [1.54, 1.807) is 6.07 Å². The molecule has 6 heteroatoms. The second-order valence-electron chi connectivity index (χ2n) is 8.95. The van der Waals surface area contributed by atoms with Crippen LogP contribution in [0.1, 0.15) is 56.9 Å². The van der Waals surface area contributed by atoms with Crippen molar-refractivity contribution >= 4 is 29.1 Å². The van der Waals surface area contributed by atoms with Gasteiger partial charge in [0.25, 0.3) is 0 Å². The molecular weight excluding hydrogens is 407 g/mol. The summed E-state index contributed by atoms with van der Waals surface area (Å²) < 4.78 is 6.48. The van der Waals surface area contributed by atoms with Crippen molar-refractivity contribution in [2.75, 3.05) is 26.7 Å². The maximum absolute atomic E-state index is 13.3. The normalized spacial score (nSPS) is 30.6. The van der Waals surface area contributed by atoms with E-state index >= 15 is 0 Å². The molecular formula is C23H32Cl2N2O2. The molecule has 4 nitrogen and oxygen atoms in total. The number of amides is 1. The number of rotatable bonds is 4. The fourth-order valence-corrected chi connectivity index (χ4v) is 6.04. The van der Waals surface area contributed by atoms with Crippen molar-refractivity contribution in [1.29, 1.82) is 0 Å². The van der Waals surface area contributed by atoms with Crippen LogP contribution in [0.4, 0.5) is 0 Å². The average Bonchev–Trinajstić information content (AvgIpc) is 3.36. The molecule has 1 saturated carbocycles. The third-order valence-electron chi connectivity index (χ3n) is 7.15. The number of nitrogens with zero attached hydrogens (tertiary/aromatic N) is 2. The maximum Gasteiger partial charge on any atom is 0.227 e. The molecule has 29 heavy (non-hydrogen) atoms. The fraction of sp³-hybridized carbons (Fsp3) is 0.696. The van der Waals surface area contributed by atoms with E-state index in [9.17, 15) is 4.79 Å². The van der Waals surface area contributed by atoms with Gasteiger partial charge in [0, 0.05) is 19.7 Å². The van der Waals surface area contributed by atoms with Gasteiger partial charge in [-0.2, -0.15) is 0 Å². The van der Waals surface area contributed by atoms with Crippen LogP contribution >= 0.6 is 23.2 Å². The van der Waals surface area contributed by atoms with Crippen LogP contribution in [0.15, 0.2) is 18.2 Å². The minimum Gasteiger partial charge on any atom is -0.373 e. The summed E-state index contributed by atoms with van der Waals surface area (Å²) in [5, 5.41) is 1.02. The van der Waals surface area contributed by atoms with E-state index in [0.29, 0.717) is 22.5 Å². The minimum absolute atomic E-state index is 0.0797. The second kappa shape index (κ2) is 9.13. The molecule has 2 heterocycles. The molecule has 2 saturated heterocycles. The summed E-state index contributed by atoms with van der Waals surface area (Å²) in [6.07, 6.45) is 9.64. The highest BCUT2D eigenvalue weighted by atomic mass is 35.5. The van der Waals surface area contributed by atoms with Gasteiger partial charge >= 0.3 is 0 Å². The predicted molar refractivity (Wildman–Crippen MR) is 118 cm³/mol. The van der Waals surface area contributed by atoms with Crippen LogP contribution in [0, 0.1) is 0 Å².